The maximum atomic E-state index is 12.9. The molecule has 2 rings (SSSR count). The summed E-state index contributed by atoms with van der Waals surface area (Å²) in [6, 6.07) is 11.2. The van der Waals surface area contributed by atoms with Gasteiger partial charge in [-0.2, -0.15) is 13.2 Å². The van der Waals surface area contributed by atoms with Crippen molar-refractivity contribution in [3.8, 4) is 18.1 Å². The van der Waals surface area contributed by atoms with E-state index in [-0.39, 0.29) is 6.54 Å². The third kappa shape index (κ3) is 5.77. The van der Waals surface area contributed by atoms with Crippen LogP contribution in [0.2, 0.25) is 0 Å². The van der Waals surface area contributed by atoms with E-state index < -0.39 is 35.9 Å². The highest BCUT2D eigenvalue weighted by Crippen LogP contribution is 2.35. The lowest BCUT2D eigenvalue weighted by molar-refractivity contribution is -0.141. The Bertz CT molecular complexity index is 904. The molecule has 0 saturated heterocycles. The van der Waals surface area contributed by atoms with E-state index in [0.717, 1.165) is 17.0 Å². The van der Waals surface area contributed by atoms with Crippen LogP contribution in [-0.2, 0) is 15.8 Å². The van der Waals surface area contributed by atoms with E-state index in [2.05, 4.69) is 11.2 Å². The zero-order chi connectivity index (χ0) is 20.7. The molecule has 0 aromatic heterocycles. The molecule has 0 unspecified atom stereocenters. The highest BCUT2D eigenvalue weighted by Gasteiger charge is 2.34. The van der Waals surface area contributed by atoms with Crippen molar-refractivity contribution in [1.82, 2.24) is 4.90 Å². The zero-order valence-corrected chi connectivity index (χ0v) is 14.9. The fraction of sp³-hybridized carbons (Fsp3) is 0.200. The van der Waals surface area contributed by atoms with Crippen LogP contribution < -0.4 is 10.1 Å². The van der Waals surface area contributed by atoms with Gasteiger partial charge in [-0.05, 0) is 30.3 Å². The third-order valence-corrected chi connectivity index (χ3v) is 3.66. The van der Waals surface area contributed by atoms with E-state index in [0.29, 0.717) is 11.3 Å². The van der Waals surface area contributed by atoms with Crippen LogP contribution in [0.3, 0.4) is 0 Å². The summed E-state index contributed by atoms with van der Waals surface area (Å²) in [4.78, 5) is 25.2. The topological polar surface area (TPSA) is 58.6 Å². The van der Waals surface area contributed by atoms with Crippen molar-refractivity contribution >= 4 is 17.5 Å². The zero-order valence-electron chi connectivity index (χ0n) is 14.9. The number of hydrogen-bond acceptors (Lipinski definition) is 3. The van der Waals surface area contributed by atoms with Gasteiger partial charge in [-0.3, -0.25) is 9.59 Å². The molecule has 146 valence electrons. The molecule has 28 heavy (non-hydrogen) atoms. The van der Waals surface area contributed by atoms with Crippen molar-refractivity contribution in [1.29, 1.82) is 0 Å². The fourth-order valence-corrected chi connectivity index (χ4v) is 2.27. The van der Waals surface area contributed by atoms with Crippen LogP contribution >= 0.6 is 0 Å². The van der Waals surface area contributed by atoms with Crippen LogP contribution in [0.25, 0.3) is 0 Å². The lowest BCUT2D eigenvalue weighted by Crippen LogP contribution is -2.37. The number of terminal acetylenes is 1. The fourth-order valence-electron chi connectivity index (χ4n) is 2.27. The van der Waals surface area contributed by atoms with Gasteiger partial charge in [0.2, 0.25) is 5.91 Å². The Morgan fingerprint density at radius 2 is 1.89 bits per heavy atom. The lowest BCUT2D eigenvalue weighted by Gasteiger charge is -2.18. The Hall–Kier alpha value is -3.47. The van der Waals surface area contributed by atoms with Crippen molar-refractivity contribution < 1.29 is 27.5 Å². The number of alkyl halides is 3. The summed E-state index contributed by atoms with van der Waals surface area (Å²) in [5, 5.41) is 2.59. The molecule has 0 aliphatic carbocycles. The van der Waals surface area contributed by atoms with Gasteiger partial charge in [0.25, 0.3) is 5.91 Å². The Balaban J connectivity index is 1.91. The summed E-state index contributed by atoms with van der Waals surface area (Å²) in [5.41, 5.74) is 0.0761. The van der Waals surface area contributed by atoms with Gasteiger partial charge in [0.15, 0.2) is 6.61 Å². The molecule has 0 atom stereocenters. The maximum Gasteiger partial charge on any atom is 0.419 e. The van der Waals surface area contributed by atoms with E-state index in [4.69, 9.17) is 11.2 Å². The van der Waals surface area contributed by atoms with Gasteiger partial charge in [-0.1, -0.05) is 24.1 Å². The quantitative estimate of drug-likeness (QED) is 0.771. The molecule has 2 amide bonds. The molecule has 0 spiro atoms. The Kier molecular flexibility index (Phi) is 6.66. The molecule has 0 aliphatic rings. The number of ether oxygens (including phenoxy) is 1. The minimum absolute atomic E-state index is 0.302. The second-order valence-electron chi connectivity index (χ2n) is 5.81. The van der Waals surface area contributed by atoms with Crippen molar-refractivity contribution in [2.45, 2.75) is 6.18 Å². The van der Waals surface area contributed by atoms with E-state index in [9.17, 15) is 22.8 Å². The number of rotatable bonds is 6. The van der Waals surface area contributed by atoms with Gasteiger partial charge in [-0.25, -0.2) is 0 Å². The molecule has 0 aliphatic heterocycles. The summed E-state index contributed by atoms with van der Waals surface area (Å²) in [6.45, 7) is -0.938. The molecule has 0 fully saturated rings. The third-order valence-electron chi connectivity index (χ3n) is 3.66. The first-order valence-electron chi connectivity index (χ1n) is 8.10. The molecule has 8 heteroatoms. The minimum atomic E-state index is -4.60. The van der Waals surface area contributed by atoms with Crippen molar-refractivity contribution in [2.75, 3.05) is 25.5 Å². The van der Waals surface area contributed by atoms with Gasteiger partial charge < -0.3 is 15.0 Å². The summed E-state index contributed by atoms with van der Waals surface area (Å²) >= 11 is 0. The minimum Gasteiger partial charge on any atom is -0.483 e. The van der Waals surface area contributed by atoms with Crippen LogP contribution in [0.1, 0.15) is 11.1 Å². The number of hydrogen-bond donors (Lipinski definition) is 1. The summed E-state index contributed by atoms with van der Waals surface area (Å²) < 4.78 is 43.8. The summed E-state index contributed by atoms with van der Waals surface area (Å²) in [5.74, 6) is 0.849. The Morgan fingerprint density at radius 1 is 1.18 bits per heavy atom. The number of halogens is 3. The molecule has 0 radical (unpaired) electrons. The van der Waals surface area contributed by atoms with Gasteiger partial charge >= 0.3 is 6.18 Å². The second kappa shape index (κ2) is 8.95. The highest BCUT2D eigenvalue weighted by atomic mass is 19.4. The highest BCUT2D eigenvalue weighted by molar-refractivity contribution is 5.94. The first-order chi connectivity index (χ1) is 13.2. The number of nitrogens with zero attached hydrogens (tertiary/aromatic N) is 1. The van der Waals surface area contributed by atoms with Crippen LogP contribution in [0.5, 0.6) is 5.75 Å². The molecule has 0 heterocycles. The van der Waals surface area contributed by atoms with Gasteiger partial charge in [-0.15, -0.1) is 6.42 Å². The predicted molar refractivity (Wildman–Crippen MR) is 97.6 cm³/mol. The largest absolute Gasteiger partial charge is 0.483 e. The van der Waals surface area contributed by atoms with E-state index >= 15 is 0 Å². The molecule has 2 aromatic carbocycles. The van der Waals surface area contributed by atoms with Crippen LogP contribution in [0, 0.1) is 12.3 Å². The molecule has 0 saturated carbocycles. The number of amides is 2. The number of carbonyl (C=O) groups excluding carboxylic acids is 2. The first kappa shape index (κ1) is 20.8. The molecule has 1 N–H and O–H groups in total. The summed E-state index contributed by atoms with van der Waals surface area (Å²) in [6.07, 6.45) is 0.690. The van der Waals surface area contributed by atoms with Crippen molar-refractivity contribution in [3.63, 3.8) is 0 Å². The van der Waals surface area contributed by atoms with Gasteiger partial charge in [0.1, 0.15) is 5.75 Å². The number of para-hydroxylation sites is 1. The Morgan fingerprint density at radius 3 is 2.57 bits per heavy atom. The van der Waals surface area contributed by atoms with Crippen molar-refractivity contribution in [3.05, 3.63) is 59.7 Å². The van der Waals surface area contributed by atoms with E-state index in [1.54, 1.807) is 24.3 Å². The lowest BCUT2D eigenvalue weighted by atomic mass is 10.2. The van der Waals surface area contributed by atoms with Gasteiger partial charge in [0.05, 0.1) is 12.1 Å². The average Bonchev–Trinajstić information content (AvgIpc) is 2.65. The predicted octanol–water partition coefficient (Wildman–Crippen LogP) is 3.16. The molecular formula is C20H17F3N2O3. The number of anilines is 1. The average molecular weight is 390 g/mol. The standard InChI is InChI=1S/C20H17F3N2O3/c1-3-14-7-6-8-15(11-14)24-18(26)12-25(2)19(27)13-28-17-10-5-4-9-16(17)20(21,22)23/h1,4-11H,12-13H2,2H3,(H,24,26). The van der Waals surface area contributed by atoms with Crippen LogP contribution in [0.15, 0.2) is 48.5 Å². The van der Waals surface area contributed by atoms with E-state index in [1.807, 2.05) is 0 Å². The van der Waals surface area contributed by atoms with Crippen molar-refractivity contribution in [2.24, 2.45) is 0 Å². The summed E-state index contributed by atoms with van der Waals surface area (Å²) in [7, 11) is 1.35. The van der Waals surface area contributed by atoms with Crippen LogP contribution in [0.4, 0.5) is 18.9 Å². The number of likely N-dealkylation sites (N-methyl/N-ethyl adjacent to an activating group) is 1. The first-order valence-corrected chi connectivity index (χ1v) is 8.10. The van der Waals surface area contributed by atoms with Crippen LogP contribution in [-0.4, -0.2) is 36.9 Å². The molecule has 2 aromatic rings. The monoisotopic (exact) mass is 390 g/mol. The number of carbonyl (C=O) groups is 2. The smallest absolute Gasteiger partial charge is 0.419 e. The maximum absolute atomic E-state index is 12.9. The number of benzene rings is 2. The second-order valence-corrected chi connectivity index (χ2v) is 5.81. The number of nitrogens with one attached hydrogen (secondary N) is 1. The van der Waals surface area contributed by atoms with Gasteiger partial charge in [0, 0.05) is 18.3 Å². The SMILES string of the molecule is C#Cc1cccc(NC(=O)CN(C)C(=O)COc2ccccc2C(F)(F)F)c1. The molecule has 5 nitrogen and oxygen atoms in total. The molecule has 0 bridgehead atoms. The Labute approximate surface area is 160 Å². The molecular weight excluding hydrogens is 373 g/mol. The van der Waals surface area contributed by atoms with E-state index in [1.165, 1.54) is 19.2 Å². The normalized spacial score (nSPS) is 10.7.